The summed E-state index contributed by atoms with van der Waals surface area (Å²) in [6, 6.07) is 5.42. The number of nitrogens with one attached hydrogen (secondary N) is 1. The summed E-state index contributed by atoms with van der Waals surface area (Å²) in [4.78, 5) is 7.94. The lowest BCUT2D eigenvalue weighted by molar-refractivity contribution is 0.548. The summed E-state index contributed by atoms with van der Waals surface area (Å²) in [5.41, 5.74) is 4.56. The Morgan fingerprint density at radius 3 is 2.61 bits per heavy atom. The average molecular weight is 283 g/mol. The van der Waals surface area contributed by atoms with Gasteiger partial charge in [0.2, 0.25) is 0 Å². The van der Waals surface area contributed by atoms with Gasteiger partial charge >= 0.3 is 0 Å². The van der Waals surface area contributed by atoms with Crippen molar-refractivity contribution in [2.24, 2.45) is 5.84 Å². The maximum absolute atomic E-state index is 6.15. The lowest BCUT2D eigenvalue weighted by Crippen LogP contribution is -2.29. The van der Waals surface area contributed by atoms with Gasteiger partial charge in [0.1, 0.15) is 6.33 Å². The van der Waals surface area contributed by atoms with Crippen LogP contribution in [0.3, 0.4) is 0 Å². The van der Waals surface area contributed by atoms with Gasteiger partial charge in [0.05, 0.1) is 16.1 Å². The zero-order valence-electron chi connectivity index (χ0n) is 9.48. The molecule has 2 rings (SSSR count). The highest BCUT2D eigenvalue weighted by Gasteiger charge is 2.14. The first-order valence-electron chi connectivity index (χ1n) is 5.36. The van der Waals surface area contributed by atoms with Crippen LogP contribution in [0.4, 0.5) is 0 Å². The van der Waals surface area contributed by atoms with Gasteiger partial charge in [0.15, 0.2) is 0 Å². The highest BCUT2D eigenvalue weighted by molar-refractivity contribution is 6.42. The maximum Gasteiger partial charge on any atom is 0.115 e. The van der Waals surface area contributed by atoms with Crippen molar-refractivity contribution >= 4 is 23.2 Å². The van der Waals surface area contributed by atoms with Crippen LogP contribution in [0.15, 0.2) is 36.9 Å². The lowest BCUT2D eigenvalue weighted by Gasteiger charge is -2.16. The van der Waals surface area contributed by atoms with Gasteiger partial charge in [0, 0.05) is 18.0 Å². The predicted molar refractivity (Wildman–Crippen MR) is 72.3 cm³/mol. The first kappa shape index (κ1) is 13.2. The van der Waals surface area contributed by atoms with E-state index in [1.165, 1.54) is 6.33 Å². The van der Waals surface area contributed by atoms with Crippen LogP contribution in [-0.2, 0) is 6.42 Å². The minimum absolute atomic E-state index is 0.109. The quantitative estimate of drug-likeness (QED) is 0.668. The van der Waals surface area contributed by atoms with E-state index in [9.17, 15) is 0 Å². The molecule has 0 bridgehead atoms. The number of halogens is 2. The molecule has 1 aromatic heterocycles. The van der Waals surface area contributed by atoms with E-state index < -0.39 is 0 Å². The summed E-state index contributed by atoms with van der Waals surface area (Å²) in [5, 5.41) is 1.09. The Balaban J connectivity index is 2.24. The summed E-state index contributed by atoms with van der Waals surface area (Å²) in [7, 11) is 0. The molecule has 0 saturated carbocycles. The summed E-state index contributed by atoms with van der Waals surface area (Å²) in [6.45, 7) is 0. The third-order valence-corrected chi connectivity index (χ3v) is 3.50. The highest BCUT2D eigenvalue weighted by atomic mass is 35.5. The molecule has 0 amide bonds. The summed E-state index contributed by atoms with van der Waals surface area (Å²) < 4.78 is 0. The molecule has 1 atom stereocenters. The summed E-state index contributed by atoms with van der Waals surface area (Å²) >= 11 is 12.1. The second-order valence-corrected chi connectivity index (χ2v) is 4.59. The first-order valence-corrected chi connectivity index (χ1v) is 6.12. The van der Waals surface area contributed by atoms with Crippen molar-refractivity contribution in [1.29, 1.82) is 0 Å². The Kier molecular flexibility index (Phi) is 4.49. The number of nitrogens with zero attached hydrogens (tertiary/aromatic N) is 2. The molecule has 18 heavy (non-hydrogen) atoms. The molecule has 0 aliphatic heterocycles. The van der Waals surface area contributed by atoms with Gasteiger partial charge in [-0.15, -0.1) is 0 Å². The lowest BCUT2D eigenvalue weighted by atomic mass is 10.0. The molecule has 4 nitrogen and oxygen atoms in total. The molecular formula is C12H12Cl2N4. The van der Waals surface area contributed by atoms with Crippen LogP contribution in [0.1, 0.15) is 17.2 Å². The van der Waals surface area contributed by atoms with Crippen LogP contribution in [0.25, 0.3) is 0 Å². The van der Waals surface area contributed by atoms with Crippen LogP contribution in [0.2, 0.25) is 10.0 Å². The van der Waals surface area contributed by atoms with E-state index >= 15 is 0 Å². The van der Waals surface area contributed by atoms with Crippen LogP contribution in [0, 0.1) is 0 Å². The molecule has 3 N–H and O–H groups in total. The minimum Gasteiger partial charge on any atom is -0.271 e. The molecule has 1 heterocycles. The van der Waals surface area contributed by atoms with E-state index in [4.69, 9.17) is 29.0 Å². The standard InChI is InChI=1S/C12H12Cl2N4/c13-10-3-1-2-8(12(10)14)4-11(18-15)9-5-16-7-17-6-9/h1-3,5-7,11,18H,4,15H2. The predicted octanol–water partition coefficient (Wildman–Crippen LogP) is 2.53. The molecule has 0 spiro atoms. The van der Waals surface area contributed by atoms with Gasteiger partial charge in [0.25, 0.3) is 0 Å². The number of hydrazine groups is 1. The molecule has 0 radical (unpaired) electrons. The molecule has 0 fully saturated rings. The smallest absolute Gasteiger partial charge is 0.115 e. The monoisotopic (exact) mass is 282 g/mol. The second-order valence-electron chi connectivity index (χ2n) is 3.81. The topological polar surface area (TPSA) is 63.8 Å². The Morgan fingerprint density at radius 2 is 1.94 bits per heavy atom. The third-order valence-electron chi connectivity index (χ3n) is 2.64. The number of nitrogens with two attached hydrogens (primary N) is 1. The van der Waals surface area contributed by atoms with E-state index in [1.54, 1.807) is 18.5 Å². The third kappa shape index (κ3) is 2.97. The average Bonchev–Trinajstić information content (AvgIpc) is 2.41. The first-order chi connectivity index (χ1) is 8.72. The van der Waals surface area contributed by atoms with Crippen molar-refractivity contribution in [2.45, 2.75) is 12.5 Å². The number of hydrogen-bond acceptors (Lipinski definition) is 4. The number of hydrogen-bond donors (Lipinski definition) is 2. The fourth-order valence-electron chi connectivity index (χ4n) is 1.69. The fraction of sp³-hybridized carbons (Fsp3) is 0.167. The van der Waals surface area contributed by atoms with Crippen molar-refractivity contribution in [3.8, 4) is 0 Å². The van der Waals surface area contributed by atoms with Crippen molar-refractivity contribution in [1.82, 2.24) is 15.4 Å². The van der Waals surface area contributed by atoms with Crippen molar-refractivity contribution in [3.05, 3.63) is 58.1 Å². The molecule has 1 unspecified atom stereocenters. The zero-order chi connectivity index (χ0) is 13.0. The zero-order valence-corrected chi connectivity index (χ0v) is 11.0. The van der Waals surface area contributed by atoms with Crippen molar-refractivity contribution < 1.29 is 0 Å². The molecule has 0 aliphatic rings. The molecule has 2 aromatic rings. The Bertz CT molecular complexity index is 519. The maximum atomic E-state index is 6.15. The minimum atomic E-state index is -0.109. The number of benzene rings is 1. The second kappa shape index (κ2) is 6.11. The Morgan fingerprint density at radius 1 is 1.22 bits per heavy atom. The van der Waals surface area contributed by atoms with E-state index in [0.29, 0.717) is 16.5 Å². The molecule has 0 saturated heterocycles. The van der Waals surface area contributed by atoms with Crippen molar-refractivity contribution in [2.75, 3.05) is 0 Å². The van der Waals surface area contributed by atoms with Gasteiger partial charge in [-0.25, -0.2) is 9.97 Å². The van der Waals surface area contributed by atoms with Crippen LogP contribution < -0.4 is 11.3 Å². The molecule has 6 heteroatoms. The van der Waals surface area contributed by atoms with E-state index in [1.807, 2.05) is 12.1 Å². The van der Waals surface area contributed by atoms with Gasteiger partial charge in [-0.1, -0.05) is 35.3 Å². The van der Waals surface area contributed by atoms with Gasteiger partial charge in [-0.05, 0) is 18.1 Å². The van der Waals surface area contributed by atoms with E-state index in [0.717, 1.165) is 11.1 Å². The SMILES string of the molecule is NNC(Cc1cccc(Cl)c1Cl)c1cncnc1. The Hall–Kier alpha value is -1.20. The van der Waals surface area contributed by atoms with E-state index in [-0.39, 0.29) is 6.04 Å². The summed E-state index contributed by atoms with van der Waals surface area (Å²) in [6.07, 6.45) is 5.53. The van der Waals surface area contributed by atoms with E-state index in [2.05, 4.69) is 15.4 Å². The molecule has 1 aromatic carbocycles. The largest absolute Gasteiger partial charge is 0.271 e. The highest BCUT2D eigenvalue weighted by Crippen LogP contribution is 2.28. The molecular weight excluding hydrogens is 271 g/mol. The van der Waals surface area contributed by atoms with Crippen molar-refractivity contribution in [3.63, 3.8) is 0 Å². The normalized spacial score (nSPS) is 12.4. The van der Waals surface area contributed by atoms with Crippen LogP contribution in [-0.4, -0.2) is 9.97 Å². The molecule has 0 aliphatic carbocycles. The fourth-order valence-corrected chi connectivity index (χ4v) is 2.09. The van der Waals surface area contributed by atoms with Gasteiger partial charge in [-0.2, -0.15) is 0 Å². The van der Waals surface area contributed by atoms with Crippen LogP contribution in [0.5, 0.6) is 0 Å². The van der Waals surface area contributed by atoms with Gasteiger partial charge in [-0.3, -0.25) is 11.3 Å². The number of rotatable bonds is 4. The molecule has 94 valence electrons. The Labute approximate surface area is 115 Å². The van der Waals surface area contributed by atoms with Crippen LogP contribution >= 0.6 is 23.2 Å². The van der Waals surface area contributed by atoms with Gasteiger partial charge < -0.3 is 0 Å². The number of aromatic nitrogens is 2. The summed E-state index contributed by atoms with van der Waals surface area (Å²) in [5.74, 6) is 5.56.